The van der Waals surface area contributed by atoms with Gasteiger partial charge in [-0.3, -0.25) is 9.59 Å². The molecular formula is C11H14N2O4S. The zero-order valence-corrected chi connectivity index (χ0v) is 10.7. The van der Waals surface area contributed by atoms with Crippen LogP contribution < -0.4 is 5.32 Å². The van der Waals surface area contributed by atoms with E-state index in [1.54, 1.807) is 6.92 Å². The number of carbonyl (C=O) groups is 3. The summed E-state index contributed by atoms with van der Waals surface area (Å²) in [5.74, 6) is -1.52. The molecule has 2 saturated heterocycles. The zero-order valence-electron chi connectivity index (χ0n) is 9.88. The third-order valence-corrected chi connectivity index (χ3v) is 4.81. The molecule has 0 spiro atoms. The van der Waals surface area contributed by atoms with E-state index in [0.29, 0.717) is 6.42 Å². The second-order valence-electron chi connectivity index (χ2n) is 4.55. The quantitative estimate of drug-likeness (QED) is 0.546. The Balaban J connectivity index is 2.15. The number of amides is 2. The van der Waals surface area contributed by atoms with E-state index in [0.717, 1.165) is 6.08 Å². The Morgan fingerprint density at radius 2 is 2.39 bits per heavy atom. The van der Waals surface area contributed by atoms with Crippen molar-refractivity contribution in [2.24, 2.45) is 0 Å². The van der Waals surface area contributed by atoms with Crippen LogP contribution in [0.2, 0.25) is 0 Å². The molecule has 98 valence electrons. The second-order valence-corrected chi connectivity index (χ2v) is 6.27. The van der Waals surface area contributed by atoms with Gasteiger partial charge in [-0.25, -0.2) is 4.79 Å². The van der Waals surface area contributed by atoms with Gasteiger partial charge >= 0.3 is 5.97 Å². The first-order valence-corrected chi connectivity index (χ1v) is 6.39. The number of nitrogens with one attached hydrogen (secondary N) is 1. The number of nitrogens with zero attached hydrogens (tertiary/aromatic N) is 1. The lowest BCUT2D eigenvalue weighted by Gasteiger charge is -2.36. The summed E-state index contributed by atoms with van der Waals surface area (Å²) in [6, 6.07) is -0.890. The first-order valence-electron chi connectivity index (χ1n) is 5.51. The highest BCUT2D eigenvalue weighted by molar-refractivity contribution is 8.01. The van der Waals surface area contributed by atoms with Crippen LogP contribution in [0.15, 0.2) is 12.7 Å². The molecule has 6 nitrogen and oxygen atoms in total. The van der Waals surface area contributed by atoms with Gasteiger partial charge in [0.2, 0.25) is 11.8 Å². The topological polar surface area (TPSA) is 86.7 Å². The van der Waals surface area contributed by atoms with Crippen LogP contribution in [0.25, 0.3) is 0 Å². The van der Waals surface area contributed by atoms with Crippen LogP contribution in [0, 0.1) is 0 Å². The fourth-order valence-electron chi connectivity index (χ4n) is 2.33. The van der Waals surface area contributed by atoms with E-state index in [9.17, 15) is 19.5 Å². The standard InChI is InChI=1S/C11H14N2O4S/c1-3-6(14)12-5-11(2)9(10(16)17)13-7(15)4-8(13)18-11/h3,8-9H,1,4-5H2,2H3,(H,12,14)(H,16,17)/t8-,9+,11?/m1/s1. The lowest BCUT2D eigenvalue weighted by Crippen LogP contribution is -2.59. The Bertz CT molecular complexity index is 439. The second kappa shape index (κ2) is 4.31. The molecular weight excluding hydrogens is 256 g/mol. The number of hydrogen-bond donors (Lipinski definition) is 2. The lowest BCUT2D eigenvalue weighted by atomic mass is 9.96. The van der Waals surface area contributed by atoms with Gasteiger partial charge in [-0.15, -0.1) is 11.8 Å². The minimum atomic E-state index is -1.03. The van der Waals surface area contributed by atoms with Crippen molar-refractivity contribution in [3.8, 4) is 0 Å². The molecule has 0 aromatic heterocycles. The molecule has 2 fully saturated rings. The van der Waals surface area contributed by atoms with Crippen LogP contribution >= 0.6 is 11.8 Å². The highest BCUT2D eigenvalue weighted by Crippen LogP contribution is 2.50. The van der Waals surface area contributed by atoms with Crippen LogP contribution in [0.3, 0.4) is 0 Å². The fourth-order valence-corrected chi connectivity index (χ4v) is 4.03. The predicted octanol–water partition coefficient (Wildman–Crippen LogP) is -0.194. The summed E-state index contributed by atoms with van der Waals surface area (Å²) in [4.78, 5) is 35.3. The van der Waals surface area contributed by atoms with Gasteiger partial charge in [0.1, 0.15) is 6.04 Å². The third kappa shape index (κ3) is 1.88. The summed E-state index contributed by atoms with van der Waals surface area (Å²) in [6.07, 6.45) is 1.51. The molecule has 1 unspecified atom stereocenters. The van der Waals surface area contributed by atoms with Gasteiger partial charge in [0.05, 0.1) is 16.5 Å². The van der Waals surface area contributed by atoms with Crippen LogP contribution in [0.5, 0.6) is 0 Å². The molecule has 2 aliphatic heterocycles. The van der Waals surface area contributed by atoms with Crippen molar-refractivity contribution in [1.82, 2.24) is 10.2 Å². The highest BCUT2D eigenvalue weighted by Gasteiger charge is 2.60. The number of thioether (sulfide) groups is 1. The van der Waals surface area contributed by atoms with Gasteiger partial charge in [-0.1, -0.05) is 6.58 Å². The van der Waals surface area contributed by atoms with Gasteiger partial charge in [-0.2, -0.15) is 0 Å². The third-order valence-electron chi connectivity index (χ3n) is 3.24. The number of rotatable bonds is 4. The van der Waals surface area contributed by atoms with Crippen molar-refractivity contribution < 1.29 is 19.5 Å². The number of hydrogen-bond acceptors (Lipinski definition) is 4. The summed E-state index contributed by atoms with van der Waals surface area (Å²) in [6.45, 7) is 5.29. The van der Waals surface area contributed by atoms with E-state index >= 15 is 0 Å². The molecule has 0 aromatic carbocycles. The number of fused-ring (bicyclic) bond motifs is 1. The molecule has 2 amide bonds. The van der Waals surface area contributed by atoms with E-state index in [1.165, 1.54) is 16.7 Å². The maximum Gasteiger partial charge on any atom is 0.327 e. The number of carboxylic acid groups (broad SMARTS) is 1. The molecule has 0 radical (unpaired) electrons. The Morgan fingerprint density at radius 3 is 2.89 bits per heavy atom. The molecule has 3 atom stereocenters. The molecule has 18 heavy (non-hydrogen) atoms. The molecule has 2 heterocycles. The highest BCUT2D eigenvalue weighted by atomic mass is 32.2. The lowest BCUT2D eigenvalue weighted by molar-refractivity contribution is -0.157. The summed E-state index contributed by atoms with van der Waals surface area (Å²) in [7, 11) is 0. The molecule has 0 aromatic rings. The molecule has 0 aliphatic carbocycles. The number of β-lactam (4-membered cyclic amide) rings is 1. The van der Waals surface area contributed by atoms with Gasteiger partial charge in [0.15, 0.2) is 0 Å². The van der Waals surface area contributed by atoms with E-state index in [2.05, 4.69) is 11.9 Å². The van der Waals surface area contributed by atoms with Gasteiger partial charge in [-0.05, 0) is 13.0 Å². The normalized spacial score (nSPS) is 33.6. The molecule has 0 saturated carbocycles. The average molecular weight is 270 g/mol. The molecule has 2 aliphatic rings. The van der Waals surface area contributed by atoms with Gasteiger partial charge < -0.3 is 15.3 Å². The molecule has 0 bridgehead atoms. The maximum absolute atomic E-state index is 11.5. The minimum absolute atomic E-state index is 0.0794. The van der Waals surface area contributed by atoms with Gasteiger partial charge in [0.25, 0.3) is 0 Å². The van der Waals surface area contributed by atoms with E-state index in [4.69, 9.17) is 0 Å². The predicted molar refractivity (Wildman–Crippen MR) is 65.9 cm³/mol. The Morgan fingerprint density at radius 1 is 1.72 bits per heavy atom. The van der Waals surface area contributed by atoms with Crippen LogP contribution in [0.1, 0.15) is 13.3 Å². The zero-order chi connectivity index (χ0) is 13.5. The van der Waals surface area contributed by atoms with Crippen molar-refractivity contribution in [2.75, 3.05) is 6.54 Å². The number of carbonyl (C=O) groups excluding carboxylic acids is 2. The van der Waals surface area contributed by atoms with Crippen LogP contribution in [0.4, 0.5) is 0 Å². The maximum atomic E-state index is 11.5. The Kier molecular flexibility index (Phi) is 3.10. The monoisotopic (exact) mass is 270 g/mol. The molecule has 7 heteroatoms. The first kappa shape index (κ1) is 12.9. The van der Waals surface area contributed by atoms with Crippen molar-refractivity contribution in [3.05, 3.63) is 12.7 Å². The summed E-state index contributed by atoms with van der Waals surface area (Å²) in [5.41, 5.74) is 0. The van der Waals surface area contributed by atoms with E-state index in [1.807, 2.05) is 0 Å². The Labute approximate surface area is 108 Å². The summed E-state index contributed by atoms with van der Waals surface area (Å²) >= 11 is 1.43. The average Bonchev–Trinajstić information content (AvgIpc) is 2.55. The van der Waals surface area contributed by atoms with E-state index < -0.39 is 16.8 Å². The van der Waals surface area contributed by atoms with Gasteiger partial charge in [0, 0.05) is 6.54 Å². The smallest absolute Gasteiger partial charge is 0.327 e. The summed E-state index contributed by atoms with van der Waals surface area (Å²) in [5, 5.41) is 11.8. The number of carboxylic acids is 1. The number of aliphatic carboxylic acids is 1. The van der Waals surface area contributed by atoms with Crippen LogP contribution in [-0.2, 0) is 14.4 Å². The SMILES string of the molecule is C=CC(=O)NCC1(C)S[C@@H]2CC(=O)N2[C@H]1C(=O)O. The minimum Gasteiger partial charge on any atom is -0.480 e. The largest absolute Gasteiger partial charge is 0.480 e. The van der Waals surface area contributed by atoms with Crippen molar-refractivity contribution in [2.45, 2.75) is 29.5 Å². The molecule has 2 N–H and O–H groups in total. The summed E-state index contributed by atoms with van der Waals surface area (Å²) < 4.78 is -0.707. The van der Waals surface area contributed by atoms with Crippen molar-refractivity contribution in [3.63, 3.8) is 0 Å². The Hall–Kier alpha value is -1.50. The van der Waals surface area contributed by atoms with E-state index in [-0.39, 0.29) is 23.7 Å². The molecule has 2 rings (SSSR count). The van der Waals surface area contributed by atoms with Crippen molar-refractivity contribution in [1.29, 1.82) is 0 Å². The van der Waals surface area contributed by atoms with Crippen LogP contribution in [-0.4, -0.2) is 50.5 Å². The first-order chi connectivity index (χ1) is 8.39. The fraction of sp³-hybridized carbons (Fsp3) is 0.545. The van der Waals surface area contributed by atoms with Crippen molar-refractivity contribution >= 4 is 29.5 Å².